The Bertz CT molecular complexity index is 52.5. The van der Waals surface area contributed by atoms with Gasteiger partial charge in [0.15, 0.2) is 0 Å². The van der Waals surface area contributed by atoms with Crippen molar-refractivity contribution in [2.45, 2.75) is 48.4 Å². The number of rotatable bonds is 5. The van der Waals surface area contributed by atoms with Crippen LogP contribution in [0.15, 0.2) is 0 Å². The molecule has 0 amide bonds. The van der Waals surface area contributed by atoms with E-state index in [0.29, 0.717) is 0 Å². The van der Waals surface area contributed by atoms with Gasteiger partial charge in [-0.05, 0) is 0 Å². The summed E-state index contributed by atoms with van der Waals surface area (Å²) in [5.74, 6) is 0. The number of unbranched alkanes of at least 4 members (excludes halogenated alkanes) is 2. The van der Waals surface area contributed by atoms with Gasteiger partial charge in [-0.2, -0.15) is 0 Å². The second-order valence-corrected chi connectivity index (χ2v) is 7.15. The fourth-order valence-corrected chi connectivity index (χ4v) is 2.25. The van der Waals surface area contributed by atoms with Crippen molar-refractivity contribution in [2.75, 3.05) is 0 Å². The van der Waals surface area contributed by atoms with Crippen LogP contribution in [0.4, 0.5) is 0 Å². The Morgan fingerprint density at radius 3 is 2.44 bits per heavy atom. The molecule has 0 rings (SSSR count). The van der Waals surface area contributed by atoms with Crippen LogP contribution in [0.2, 0.25) is 8.87 Å². The van der Waals surface area contributed by atoms with Gasteiger partial charge >= 0.3 is 69.5 Å². The molecule has 0 aliphatic heterocycles. The van der Waals surface area contributed by atoms with Crippen LogP contribution in [0, 0.1) is 0 Å². The summed E-state index contributed by atoms with van der Waals surface area (Å²) in [6.45, 7) is 4.69. The molecule has 0 spiro atoms. The molecule has 0 fully saturated rings. The predicted molar refractivity (Wildman–Crippen MR) is 45.2 cm³/mol. The van der Waals surface area contributed by atoms with Crippen LogP contribution in [0.1, 0.15) is 39.5 Å². The summed E-state index contributed by atoms with van der Waals surface area (Å²) in [6.07, 6.45) is 5.81. The van der Waals surface area contributed by atoms with E-state index in [9.17, 15) is 0 Å². The van der Waals surface area contributed by atoms with Gasteiger partial charge in [-0.1, -0.05) is 0 Å². The van der Waals surface area contributed by atoms with Gasteiger partial charge in [0, 0.05) is 0 Å². The summed E-state index contributed by atoms with van der Waals surface area (Å²) >= 11 is 0.0773. The molecule has 0 saturated heterocycles. The molecular weight excluding hydrogens is 215 g/mol. The molecule has 1 unspecified atom stereocenters. The van der Waals surface area contributed by atoms with E-state index in [1.807, 2.05) is 0 Å². The van der Waals surface area contributed by atoms with Crippen molar-refractivity contribution in [1.82, 2.24) is 0 Å². The van der Waals surface area contributed by atoms with E-state index in [1.165, 1.54) is 25.7 Å². The molecular formula is C8H18Sn. The average molecular weight is 233 g/mol. The molecule has 0 heterocycles. The van der Waals surface area contributed by atoms with Gasteiger partial charge in [-0.25, -0.2) is 0 Å². The molecule has 9 heavy (non-hydrogen) atoms. The molecule has 1 heteroatoms. The summed E-state index contributed by atoms with van der Waals surface area (Å²) in [5.41, 5.74) is 0. The van der Waals surface area contributed by atoms with Crippen molar-refractivity contribution in [2.24, 2.45) is 0 Å². The summed E-state index contributed by atoms with van der Waals surface area (Å²) < 4.78 is 1.13. The van der Waals surface area contributed by atoms with Crippen molar-refractivity contribution in [1.29, 1.82) is 0 Å². The van der Waals surface area contributed by atoms with Crippen molar-refractivity contribution >= 4 is 21.1 Å². The molecule has 2 radical (unpaired) electrons. The SMILES string of the molecule is CCCCC[CH](C)[Sn][CH3]. The first-order valence-corrected chi connectivity index (χ1v) is 8.48. The zero-order chi connectivity index (χ0) is 7.11. The van der Waals surface area contributed by atoms with Gasteiger partial charge in [-0.3, -0.25) is 0 Å². The molecule has 0 aliphatic carbocycles. The van der Waals surface area contributed by atoms with E-state index >= 15 is 0 Å². The van der Waals surface area contributed by atoms with E-state index in [1.54, 1.807) is 0 Å². The molecule has 0 saturated carbocycles. The average Bonchev–Trinajstić information content (AvgIpc) is 1.89. The monoisotopic (exact) mass is 234 g/mol. The van der Waals surface area contributed by atoms with E-state index < -0.39 is 0 Å². The fraction of sp³-hybridized carbons (Fsp3) is 1.00. The van der Waals surface area contributed by atoms with Gasteiger partial charge < -0.3 is 0 Å². The molecule has 0 aromatic rings. The second-order valence-electron chi connectivity index (χ2n) is 2.69. The van der Waals surface area contributed by atoms with Crippen LogP contribution in [-0.2, 0) is 0 Å². The van der Waals surface area contributed by atoms with Crippen LogP contribution < -0.4 is 0 Å². The molecule has 0 N–H and O–H groups in total. The molecule has 54 valence electrons. The van der Waals surface area contributed by atoms with Gasteiger partial charge in [0.2, 0.25) is 0 Å². The summed E-state index contributed by atoms with van der Waals surface area (Å²) in [6, 6.07) is 0. The van der Waals surface area contributed by atoms with Crippen molar-refractivity contribution in [3.05, 3.63) is 0 Å². The Morgan fingerprint density at radius 2 is 2.00 bits per heavy atom. The first kappa shape index (κ1) is 9.80. The summed E-state index contributed by atoms with van der Waals surface area (Å²) in [4.78, 5) is 2.44. The minimum atomic E-state index is 0.0773. The number of hydrogen-bond acceptors (Lipinski definition) is 0. The Labute approximate surface area is 69.6 Å². The first-order chi connectivity index (χ1) is 4.31. The fourth-order valence-electron chi connectivity index (χ4n) is 0.845. The minimum absolute atomic E-state index is 0.0773. The van der Waals surface area contributed by atoms with Crippen LogP contribution in [0.3, 0.4) is 0 Å². The Hall–Kier alpha value is 0.799. The third-order valence-corrected chi connectivity index (χ3v) is 5.37. The molecule has 0 aromatic heterocycles. The summed E-state index contributed by atoms with van der Waals surface area (Å²) in [7, 11) is 0. The third kappa shape index (κ3) is 6.69. The third-order valence-electron chi connectivity index (χ3n) is 1.73. The predicted octanol–water partition coefficient (Wildman–Crippen LogP) is 3.13. The first-order valence-electron chi connectivity index (χ1n) is 3.98. The van der Waals surface area contributed by atoms with E-state index in [0.717, 1.165) is 3.93 Å². The summed E-state index contributed by atoms with van der Waals surface area (Å²) in [5, 5.41) is 0. The van der Waals surface area contributed by atoms with Gasteiger partial charge in [0.05, 0.1) is 0 Å². The second kappa shape index (κ2) is 6.91. The van der Waals surface area contributed by atoms with Crippen LogP contribution in [0.5, 0.6) is 0 Å². The van der Waals surface area contributed by atoms with Gasteiger partial charge in [0.25, 0.3) is 0 Å². The van der Waals surface area contributed by atoms with Crippen LogP contribution >= 0.6 is 0 Å². The van der Waals surface area contributed by atoms with Crippen LogP contribution in [0.25, 0.3) is 0 Å². The zero-order valence-electron chi connectivity index (χ0n) is 6.91. The van der Waals surface area contributed by atoms with Crippen LogP contribution in [-0.4, -0.2) is 21.1 Å². The standard InChI is InChI=1S/C7H15.CH3.Sn/c1-3-5-7-6-4-2;;/h3H,4-7H2,1-2H3;1H3;. The Kier molecular flexibility index (Phi) is 7.53. The maximum atomic E-state index is 2.44. The van der Waals surface area contributed by atoms with E-state index in [-0.39, 0.29) is 21.1 Å². The molecule has 0 aliphatic rings. The van der Waals surface area contributed by atoms with E-state index in [2.05, 4.69) is 18.8 Å². The molecule has 0 bridgehead atoms. The molecule has 0 nitrogen and oxygen atoms in total. The zero-order valence-corrected chi connectivity index (χ0v) is 9.76. The molecule has 0 aromatic carbocycles. The van der Waals surface area contributed by atoms with Gasteiger partial charge in [0.1, 0.15) is 0 Å². The topological polar surface area (TPSA) is 0 Å². The van der Waals surface area contributed by atoms with Crippen molar-refractivity contribution in [3.8, 4) is 0 Å². The molecule has 1 atom stereocenters. The van der Waals surface area contributed by atoms with Gasteiger partial charge in [-0.15, -0.1) is 0 Å². The Morgan fingerprint density at radius 1 is 1.33 bits per heavy atom. The number of hydrogen-bond donors (Lipinski definition) is 0. The van der Waals surface area contributed by atoms with Crippen molar-refractivity contribution in [3.63, 3.8) is 0 Å². The quantitative estimate of drug-likeness (QED) is 0.505. The van der Waals surface area contributed by atoms with Crippen molar-refractivity contribution < 1.29 is 0 Å². The normalized spacial score (nSPS) is 13.7. The Balaban J connectivity index is 2.88. The van der Waals surface area contributed by atoms with E-state index in [4.69, 9.17) is 0 Å². The maximum absolute atomic E-state index is 2.44.